The molecule has 2 amide bonds. The van der Waals surface area contributed by atoms with Crippen LogP contribution in [0.4, 0.5) is 11.5 Å². The van der Waals surface area contributed by atoms with Gasteiger partial charge in [0.25, 0.3) is 5.88 Å². The van der Waals surface area contributed by atoms with Gasteiger partial charge in [0.2, 0.25) is 11.8 Å². The number of anilines is 2. The molecule has 4 N–H and O–H groups in total. The van der Waals surface area contributed by atoms with Crippen molar-refractivity contribution >= 4 is 23.3 Å². The molecule has 3 aromatic heterocycles. The van der Waals surface area contributed by atoms with Crippen LogP contribution >= 0.6 is 0 Å². The highest BCUT2D eigenvalue weighted by Crippen LogP contribution is 2.37. The molecule has 344 valence electrons. The zero-order valence-electron chi connectivity index (χ0n) is 37.7. The Hall–Kier alpha value is -6.04. The number of aliphatic hydroxyl groups excluding tert-OH is 1. The number of carbonyl (C=O) groups excluding carboxylic acids is 2. The SMILES string of the molecule is Cc1nccn1-c1ccc([C@H](C)NC(=O)[C@@H]2C[C@@H](O)CN2C(=O)[C@@H](c2cc(OCCN3CCC(CN4CCN5c6cc(-c7ccccc7O)nnc6NC[C@H]5C4)CC3)no2)C(C)C)cc1. The van der Waals surface area contributed by atoms with E-state index in [9.17, 15) is 19.8 Å². The van der Waals surface area contributed by atoms with Gasteiger partial charge in [-0.1, -0.05) is 38.1 Å². The van der Waals surface area contributed by atoms with Crippen LogP contribution in [0.5, 0.6) is 11.6 Å². The fourth-order valence-corrected chi connectivity index (χ4v) is 10.1. The maximum Gasteiger partial charge on any atom is 0.254 e. The number of imidazole rings is 1. The normalized spacial score (nSPS) is 21.4. The highest BCUT2D eigenvalue weighted by Gasteiger charge is 2.44. The van der Waals surface area contributed by atoms with Gasteiger partial charge in [-0.05, 0) is 92.7 Å². The van der Waals surface area contributed by atoms with Crippen molar-refractivity contribution in [2.45, 2.75) is 77.1 Å². The minimum absolute atomic E-state index is 0.0604. The summed E-state index contributed by atoms with van der Waals surface area (Å²) in [6, 6.07) is 18.1. The number of likely N-dealkylation sites (tertiary alicyclic amines) is 2. The summed E-state index contributed by atoms with van der Waals surface area (Å²) in [6.07, 6.45) is 5.25. The molecule has 65 heavy (non-hydrogen) atoms. The van der Waals surface area contributed by atoms with E-state index in [1.807, 2.05) is 87.0 Å². The number of aliphatic hydroxyl groups is 1. The molecule has 4 aliphatic heterocycles. The number of piperazine rings is 1. The van der Waals surface area contributed by atoms with Crippen molar-refractivity contribution in [1.29, 1.82) is 0 Å². The van der Waals surface area contributed by atoms with E-state index >= 15 is 0 Å². The molecule has 3 saturated heterocycles. The van der Waals surface area contributed by atoms with Crippen LogP contribution in [-0.4, -0.2) is 145 Å². The monoisotopic (exact) mass is 887 g/mol. The predicted molar refractivity (Wildman–Crippen MR) is 245 cm³/mol. The highest BCUT2D eigenvalue weighted by atomic mass is 16.5. The smallest absolute Gasteiger partial charge is 0.254 e. The Kier molecular flexibility index (Phi) is 13.1. The van der Waals surface area contributed by atoms with Crippen molar-refractivity contribution in [3.05, 3.63) is 90.2 Å². The number of nitrogens with zero attached hydrogens (tertiary/aromatic N) is 9. The number of benzene rings is 2. The van der Waals surface area contributed by atoms with Gasteiger partial charge in [-0.25, -0.2) is 4.98 Å². The third-order valence-electron chi connectivity index (χ3n) is 13.7. The van der Waals surface area contributed by atoms with E-state index < -0.39 is 18.1 Å². The molecule has 0 radical (unpaired) electrons. The van der Waals surface area contributed by atoms with Gasteiger partial charge in [0.1, 0.15) is 30.1 Å². The van der Waals surface area contributed by atoms with Gasteiger partial charge in [-0.3, -0.25) is 19.4 Å². The first-order valence-corrected chi connectivity index (χ1v) is 23.1. The molecule has 4 aliphatic rings. The molecule has 17 nitrogen and oxygen atoms in total. The summed E-state index contributed by atoms with van der Waals surface area (Å²) < 4.78 is 13.8. The third kappa shape index (κ3) is 9.68. The number of β-amino-alcohol motifs (C(OH)–C–C–N with tert-alkyl or cyclic N) is 1. The topological polar surface area (TPSA) is 190 Å². The summed E-state index contributed by atoms with van der Waals surface area (Å²) >= 11 is 0. The van der Waals surface area contributed by atoms with Gasteiger partial charge < -0.3 is 44.5 Å². The fourth-order valence-electron chi connectivity index (χ4n) is 10.1. The lowest BCUT2D eigenvalue weighted by Crippen LogP contribution is -2.58. The Morgan fingerprint density at radius 1 is 0.985 bits per heavy atom. The maximum absolute atomic E-state index is 14.2. The molecular weight excluding hydrogens is 827 g/mol. The van der Waals surface area contributed by atoms with E-state index in [-0.39, 0.29) is 42.5 Å². The van der Waals surface area contributed by atoms with E-state index in [2.05, 4.69) is 45.7 Å². The van der Waals surface area contributed by atoms with Gasteiger partial charge in [0.15, 0.2) is 11.6 Å². The van der Waals surface area contributed by atoms with Gasteiger partial charge in [-0.2, -0.15) is 0 Å². The predicted octanol–water partition coefficient (Wildman–Crippen LogP) is 4.62. The second-order valence-corrected chi connectivity index (χ2v) is 18.5. The van der Waals surface area contributed by atoms with Crippen molar-refractivity contribution in [1.82, 2.24) is 44.9 Å². The highest BCUT2D eigenvalue weighted by molar-refractivity contribution is 5.91. The Morgan fingerprint density at radius 3 is 2.54 bits per heavy atom. The number of hydrogen-bond donors (Lipinski definition) is 4. The largest absolute Gasteiger partial charge is 0.507 e. The lowest BCUT2D eigenvalue weighted by molar-refractivity contribution is -0.141. The number of aryl methyl sites for hydroxylation is 1. The van der Waals surface area contributed by atoms with Crippen LogP contribution in [0.15, 0.2) is 77.6 Å². The molecule has 0 spiro atoms. The van der Waals surface area contributed by atoms with Crippen LogP contribution in [0, 0.1) is 18.8 Å². The average molecular weight is 888 g/mol. The van der Waals surface area contributed by atoms with Crippen molar-refractivity contribution < 1.29 is 29.1 Å². The third-order valence-corrected chi connectivity index (χ3v) is 13.7. The molecule has 0 unspecified atom stereocenters. The molecule has 5 atom stereocenters. The van der Waals surface area contributed by atoms with Gasteiger partial charge in [0, 0.05) is 81.9 Å². The Bertz CT molecular complexity index is 2430. The van der Waals surface area contributed by atoms with Crippen molar-refractivity contribution in [3.8, 4) is 28.6 Å². The molecule has 7 heterocycles. The van der Waals surface area contributed by atoms with Crippen LogP contribution in [0.3, 0.4) is 0 Å². The van der Waals surface area contributed by atoms with Gasteiger partial charge in [0.05, 0.1) is 29.6 Å². The number of nitrogens with one attached hydrogen (secondary N) is 2. The summed E-state index contributed by atoms with van der Waals surface area (Å²) in [5.41, 5.74) is 4.29. The Labute approximate surface area is 379 Å². The van der Waals surface area contributed by atoms with E-state index in [4.69, 9.17) is 9.26 Å². The number of piperidine rings is 1. The van der Waals surface area contributed by atoms with Crippen molar-refractivity contribution in [2.24, 2.45) is 11.8 Å². The van der Waals surface area contributed by atoms with Crippen LogP contribution in [0.25, 0.3) is 16.9 Å². The molecular formula is C48H61N11O6. The first kappa shape index (κ1) is 44.2. The number of phenolic OH excluding ortho intramolecular Hbond substituents is 1. The first-order valence-electron chi connectivity index (χ1n) is 23.1. The summed E-state index contributed by atoms with van der Waals surface area (Å²) in [4.78, 5) is 41.2. The molecule has 0 bridgehead atoms. The molecule has 17 heteroatoms. The van der Waals surface area contributed by atoms with Crippen LogP contribution in [-0.2, 0) is 9.59 Å². The Morgan fingerprint density at radius 2 is 1.78 bits per heavy atom. The van der Waals surface area contributed by atoms with Crippen molar-refractivity contribution in [3.63, 3.8) is 0 Å². The summed E-state index contributed by atoms with van der Waals surface area (Å²) in [6.45, 7) is 15.8. The molecule has 5 aromatic rings. The number of rotatable bonds is 14. The number of aromatic hydroxyl groups is 1. The zero-order chi connectivity index (χ0) is 45.2. The summed E-state index contributed by atoms with van der Waals surface area (Å²) in [5.74, 6) is 1.74. The van der Waals surface area contributed by atoms with E-state index in [1.54, 1.807) is 18.3 Å². The quantitative estimate of drug-likeness (QED) is 0.121. The van der Waals surface area contributed by atoms with E-state index in [1.165, 1.54) is 4.90 Å². The number of hydrogen-bond acceptors (Lipinski definition) is 14. The lowest BCUT2D eigenvalue weighted by atomic mass is 9.91. The van der Waals surface area contributed by atoms with Crippen LogP contribution in [0.1, 0.15) is 69.1 Å². The molecule has 0 aliphatic carbocycles. The van der Waals surface area contributed by atoms with Crippen molar-refractivity contribution in [2.75, 3.05) is 75.7 Å². The minimum atomic E-state index is -0.822. The molecule has 3 fully saturated rings. The van der Waals surface area contributed by atoms with Gasteiger partial charge in [-0.15, -0.1) is 10.2 Å². The number of phenols is 1. The zero-order valence-corrected chi connectivity index (χ0v) is 37.7. The number of carbonyl (C=O) groups is 2. The van der Waals surface area contributed by atoms with E-state index in [0.29, 0.717) is 41.5 Å². The second kappa shape index (κ2) is 19.2. The van der Waals surface area contributed by atoms with Gasteiger partial charge >= 0.3 is 0 Å². The summed E-state index contributed by atoms with van der Waals surface area (Å²) in [7, 11) is 0. The number of amides is 2. The standard InChI is InChI=1S/C48H61N11O6/c1-30(2)45(48(63)59-29-37(60)23-41(59)47(62)51-31(3)34-9-11-35(12-10-34)57-18-15-49-32(57)4)43-25-44(54-65-43)64-22-21-55-16-13-33(14-17-55)27-56-19-20-58-36(28-56)26-50-46-40(58)24-39(52-53-46)38-7-5-6-8-42(38)61/h5-12,15,18,24-25,30-31,33,36-37,41,45,60-61H,13-14,16-17,19-23,26-29H2,1-4H3,(H,50,53)(H,51,62)/t31-,36-,37+,41-,45+/m0/s1. The number of ether oxygens (including phenoxy) is 1. The Balaban J connectivity index is 0.725. The molecule has 2 aromatic carbocycles. The molecule has 9 rings (SSSR count). The number of para-hydroxylation sites is 1. The minimum Gasteiger partial charge on any atom is -0.507 e. The second-order valence-electron chi connectivity index (χ2n) is 18.5. The van der Waals surface area contributed by atoms with Crippen LogP contribution < -0.4 is 20.3 Å². The summed E-state index contributed by atoms with van der Waals surface area (Å²) in [5, 5.41) is 40.7. The number of fused-ring (bicyclic) bond motifs is 3. The number of aromatic nitrogens is 5. The first-order chi connectivity index (χ1) is 31.5. The fraction of sp³-hybridized carbons (Fsp3) is 0.500. The van der Waals surface area contributed by atoms with E-state index in [0.717, 1.165) is 93.8 Å². The van der Waals surface area contributed by atoms with Crippen LogP contribution in [0.2, 0.25) is 0 Å². The maximum atomic E-state index is 14.2. The average Bonchev–Trinajstić information content (AvgIpc) is 4.07. The lowest BCUT2D eigenvalue weighted by Gasteiger charge is -2.47. The molecule has 0 saturated carbocycles.